The van der Waals surface area contributed by atoms with E-state index < -0.39 is 0 Å². The Morgan fingerprint density at radius 3 is 2.80 bits per heavy atom. The zero-order valence-electron chi connectivity index (χ0n) is 12.0. The summed E-state index contributed by atoms with van der Waals surface area (Å²) in [7, 11) is 0. The lowest BCUT2D eigenvalue weighted by molar-refractivity contribution is 0.0901. The fraction of sp³-hybridized carbons (Fsp3) is 0.375. The van der Waals surface area contributed by atoms with Crippen LogP contribution in [0.5, 0.6) is 0 Å². The van der Waals surface area contributed by atoms with Crippen molar-refractivity contribution in [3.05, 3.63) is 42.1 Å². The Bertz CT molecular complexity index is 606. The number of pyridine rings is 1. The summed E-state index contributed by atoms with van der Waals surface area (Å²) >= 11 is 0. The summed E-state index contributed by atoms with van der Waals surface area (Å²) in [6.45, 7) is 4.63. The zero-order valence-corrected chi connectivity index (χ0v) is 12.0. The minimum absolute atomic E-state index is 0.0906. The average Bonchev–Trinajstić information content (AvgIpc) is 2.46. The number of carbonyl (C=O) groups excluding carboxylic acids is 1. The summed E-state index contributed by atoms with van der Waals surface area (Å²) in [5.41, 5.74) is 6.70. The topological polar surface area (TPSA) is 68.0 Å². The second-order valence-corrected chi connectivity index (χ2v) is 5.29. The first kappa shape index (κ1) is 14.5. The summed E-state index contributed by atoms with van der Waals surface area (Å²) in [4.78, 5) is 16.8. The Morgan fingerprint density at radius 1 is 1.35 bits per heavy atom. The molecule has 0 spiro atoms. The van der Waals surface area contributed by atoms with E-state index >= 15 is 0 Å². The SMILES string of the molecule is CCC(C)(CCN)NC(=O)c1cccc2cccnc12. The molecule has 2 aromatic rings. The van der Waals surface area contributed by atoms with Crippen molar-refractivity contribution in [1.29, 1.82) is 0 Å². The molecule has 1 amide bonds. The van der Waals surface area contributed by atoms with Crippen LogP contribution in [0, 0.1) is 0 Å². The fourth-order valence-corrected chi connectivity index (χ4v) is 2.28. The minimum atomic E-state index is -0.275. The lowest BCUT2D eigenvalue weighted by Gasteiger charge is -2.29. The van der Waals surface area contributed by atoms with Gasteiger partial charge in [-0.2, -0.15) is 0 Å². The molecule has 0 bridgehead atoms. The van der Waals surface area contributed by atoms with Gasteiger partial charge in [-0.15, -0.1) is 0 Å². The molecule has 4 nitrogen and oxygen atoms in total. The van der Waals surface area contributed by atoms with Gasteiger partial charge in [0.1, 0.15) is 0 Å². The number of nitrogens with one attached hydrogen (secondary N) is 1. The first-order valence-electron chi connectivity index (χ1n) is 6.96. The molecule has 1 atom stereocenters. The Hall–Kier alpha value is -1.94. The Kier molecular flexibility index (Phi) is 4.35. The molecule has 2 rings (SSSR count). The molecule has 0 fully saturated rings. The number of benzene rings is 1. The Morgan fingerprint density at radius 2 is 2.10 bits per heavy atom. The highest BCUT2D eigenvalue weighted by Crippen LogP contribution is 2.19. The van der Waals surface area contributed by atoms with Gasteiger partial charge in [0.15, 0.2) is 0 Å². The highest BCUT2D eigenvalue weighted by atomic mass is 16.1. The van der Waals surface area contributed by atoms with Gasteiger partial charge in [0, 0.05) is 17.1 Å². The van der Waals surface area contributed by atoms with Gasteiger partial charge in [0.2, 0.25) is 0 Å². The summed E-state index contributed by atoms with van der Waals surface area (Å²) in [5, 5.41) is 4.06. The van der Waals surface area contributed by atoms with E-state index in [-0.39, 0.29) is 11.4 Å². The van der Waals surface area contributed by atoms with Gasteiger partial charge in [-0.1, -0.05) is 25.1 Å². The van der Waals surface area contributed by atoms with Crippen LogP contribution in [0.4, 0.5) is 0 Å². The predicted octanol–water partition coefficient (Wildman–Crippen LogP) is 2.48. The van der Waals surface area contributed by atoms with E-state index in [1.165, 1.54) is 0 Å². The summed E-state index contributed by atoms with van der Waals surface area (Å²) in [6, 6.07) is 9.47. The highest BCUT2D eigenvalue weighted by Gasteiger charge is 2.24. The van der Waals surface area contributed by atoms with E-state index in [0.717, 1.165) is 23.7 Å². The van der Waals surface area contributed by atoms with Gasteiger partial charge in [-0.3, -0.25) is 9.78 Å². The molecule has 3 N–H and O–H groups in total. The second-order valence-electron chi connectivity index (χ2n) is 5.29. The predicted molar refractivity (Wildman–Crippen MR) is 81.6 cm³/mol. The van der Waals surface area contributed by atoms with Crippen molar-refractivity contribution in [2.24, 2.45) is 5.73 Å². The number of hydrogen-bond acceptors (Lipinski definition) is 3. The molecule has 0 saturated carbocycles. The maximum atomic E-state index is 12.5. The molecule has 1 aromatic carbocycles. The maximum absolute atomic E-state index is 12.5. The molecule has 106 valence electrons. The van der Waals surface area contributed by atoms with Crippen molar-refractivity contribution in [2.45, 2.75) is 32.2 Å². The van der Waals surface area contributed by atoms with Crippen molar-refractivity contribution in [3.63, 3.8) is 0 Å². The highest BCUT2D eigenvalue weighted by molar-refractivity contribution is 6.05. The van der Waals surface area contributed by atoms with E-state index in [0.29, 0.717) is 12.1 Å². The van der Waals surface area contributed by atoms with Crippen LogP contribution in [0.25, 0.3) is 10.9 Å². The molecular formula is C16H21N3O. The normalized spacial score (nSPS) is 13.9. The third kappa shape index (κ3) is 2.96. The van der Waals surface area contributed by atoms with Gasteiger partial charge in [0.05, 0.1) is 11.1 Å². The molecule has 0 radical (unpaired) electrons. The molecule has 1 aromatic heterocycles. The van der Waals surface area contributed by atoms with Crippen molar-refractivity contribution in [3.8, 4) is 0 Å². The molecular weight excluding hydrogens is 250 g/mol. The standard InChI is InChI=1S/C16H21N3O/c1-3-16(2,9-10-17)19-15(20)13-8-4-6-12-7-5-11-18-14(12)13/h4-8,11H,3,9-10,17H2,1-2H3,(H,19,20). The number of carbonyl (C=O) groups is 1. The van der Waals surface area contributed by atoms with Crippen molar-refractivity contribution < 1.29 is 4.79 Å². The number of amides is 1. The van der Waals surface area contributed by atoms with Crippen LogP contribution in [0.3, 0.4) is 0 Å². The van der Waals surface area contributed by atoms with Crippen LogP contribution < -0.4 is 11.1 Å². The zero-order chi connectivity index (χ0) is 14.6. The van der Waals surface area contributed by atoms with Crippen LogP contribution in [-0.4, -0.2) is 23.0 Å². The van der Waals surface area contributed by atoms with Crippen LogP contribution in [-0.2, 0) is 0 Å². The molecule has 0 saturated heterocycles. The molecule has 1 unspecified atom stereocenters. The van der Waals surface area contributed by atoms with Gasteiger partial charge >= 0.3 is 0 Å². The molecule has 0 aliphatic rings. The number of para-hydroxylation sites is 1. The third-order valence-corrected chi connectivity index (χ3v) is 3.77. The molecule has 0 aliphatic carbocycles. The van der Waals surface area contributed by atoms with Crippen molar-refractivity contribution >= 4 is 16.8 Å². The number of nitrogens with two attached hydrogens (primary N) is 1. The smallest absolute Gasteiger partial charge is 0.253 e. The number of rotatable bonds is 5. The average molecular weight is 271 g/mol. The lowest BCUT2D eigenvalue weighted by atomic mass is 9.94. The molecule has 0 aliphatic heterocycles. The van der Waals surface area contributed by atoms with Gasteiger partial charge in [0.25, 0.3) is 5.91 Å². The molecule has 20 heavy (non-hydrogen) atoms. The Balaban J connectivity index is 2.32. The van der Waals surface area contributed by atoms with E-state index in [2.05, 4.69) is 17.2 Å². The van der Waals surface area contributed by atoms with E-state index in [4.69, 9.17) is 5.73 Å². The monoisotopic (exact) mass is 271 g/mol. The summed E-state index contributed by atoms with van der Waals surface area (Å²) in [6.07, 6.45) is 3.31. The van der Waals surface area contributed by atoms with Crippen molar-refractivity contribution in [1.82, 2.24) is 10.3 Å². The first-order valence-corrected chi connectivity index (χ1v) is 6.96. The third-order valence-electron chi connectivity index (χ3n) is 3.77. The number of fused-ring (bicyclic) bond motifs is 1. The number of nitrogens with zero attached hydrogens (tertiary/aromatic N) is 1. The lowest BCUT2D eigenvalue weighted by Crippen LogP contribution is -2.46. The van der Waals surface area contributed by atoms with E-state index in [1.54, 1.807) is 6.20 Å². The number of hydrogen-bond donors (Lipinski definition) is 2. The summed E-state index contributed by atoms with van der Waals surface area (Å²) in [5.74, 6) is -0.0906. The van der Waals surface area contributed by atoms with E-state index in [9.17, 15) is 4.79 Å². The van der Waals surface area contributed by atoms with Gasteiger partial charge in [-0.05, 0) is 38.4 Å². The fourth-order valence-electron chi connectivity index (χ4n) is 2.28. The van der Waals surface area contributed by atoms with Crippen LogP contribution in [0.15, 0.2) is 36.5 Å². The van der Waals surface area contributed by atoms with Gasteiger partial charge in [-0.25, -0.2) is 0 Å². The number of aromatic nitrogens is 1. The van der Waals surface area contributed by atoms with Crippen LogP contribution in [0.1, 0.15) is 37.0 Å². The summed E-state index contributed by atoms with van der Waals surface area (Å²) < 4.78 is 0. The largest absolute Gasteiger partial charge is 0.347 e. The molecule has 1 heterocycles. The van der Waals surface area contributed by atoms with Crippen LogP contribution >= 0.6 is 0 Å². The Labute approximate surface area is 119 Å². The second kappa shape index (κ2) is 6.01. The van der Waals surface area contributed by atoms with Gasteiger partial charge < -0.3 is 11.1 Å². The minimum Gasteiger partial charge on any atom is -0.347 e. The first-order chi connectivity index (χ1) is 9.59. The van der Waals surface area contributed by atoms with Crippen molar-refractivity contribution in [2.75, 3.05) is 6.54 Å². The maximum Gasteiger partial charge on any atom is 0.253 e. The van der Waals surface area contributed by atoms with E-state index in [1.807, 2.05) is 37.3 Å². The van der Waals surface area contributed by atoms with Crippen LogP contribution in [0.2, 0.25) is 0 Å². The molecule has 4 heteroatoms. The quantitative estimate of drug-likeness (QED) is 0.878.